The van der Waals surface area contributed by atoms with Gasteiger partial charge in [0, 0.05) is 32.4 Å². The lowest BCUT2D eigenvalue weighted by Crippen LogP contribution is -2.55. The van der Waals surface area contributed by atoms with Gasteiger partial charge >= 0.3 is 0 Å². The summed E-state index contributed by atoms with van der Waals surface area (Å²) < 4.78 is 6.25. The van der Waals surface area contributed by atoms with Gasteiger partial charge < -0.3 is 19.9 Å². The second-order valence-corrected chi connectivity index (χ2v) is 9.95. The van der Waals surface area contributed by atoms with Crippen LogP contribution in [0.1, 0.15) is 5.56 Å². The van der Waals surface area contributed by atoms with Crippen molar-refractivity contribution in [2.45, 2.75) is 18.6 Å². The molecule has 5 heterocycles. The van der Waals surface area contributed by atoms with Crippen molar-refractivity contribution < 1.29 is 14.3 Å². The molecule has 3 fully saturated rings. The highest BCUT2D eigenvalue weighted by atomic mass is 32.1. The van der Waals surface area contributed by atoms with Gasteiger partial charge in [-0.25, -0.2) is 9.88 Å². The second kappa shape index (κ2) is 8.42. The Balaban J connectivity index is 1.12. The van der Waals surface area contributed by atoms with Crippen molar-refractivity contribution in [2.75, 3.05) is 42.5 Å². The van der Waals surface area contributed by atoms with E-state index in [0.717, 1.165) is 37.6 Å². The predicted octanol–water partition coefficient (Wildman–Crippen LogP) is 1.90. The highest BCUT2D eigenvalue weighted by Gasteiger charge is 2.67. The number of fused-ring (bicyclic) bond motifs is 5. The molecule has 4 aliphatic heterocycles. The van der Waals surface area contributed by atoms with Gasteiger partial charge in [0.05, 0.1) is 30.2 Å². The zero-order valence-corrected chi connectivity index (χ0v) is 20.3. The van der Waals surface area contributed by atoms with Crippen molar-refractivity contribution in [3.05, 3.63) is 66.4 Å². The number of aryl methyl sites for hydroxylation is 1. The Hall–Kier alpha value is -3.30. The maximum absolute atomic E-state index is 13.5. The normalized spacial score (nSPS) is 29.2. The maximum Gasteiger partial charge on any atom is 0.241 e. The van der Waals surface area contributed by atoms with Gasteiger partial charge in [0.25, 0.3) is 0 Å². The molecule has 0 unspecified atom stereocenters. The summed E-state index contributed by atoms with van der Waals surface area (Å²) in [4.78, 5) is 36.9. The number of nitrogens with zero attached hydrogens (tertiary/aromatic N) is 4. The number of piperazine rings is 1. The highest BCUT2D eigenvalue weighted by molar-refractivity contribution is 7.80. The van der Waals surface area contributed by atoms with E-state index in [9.17, 15) is 9.59 Å². The molecular formula is C26H27N5O3S. The van der Waals surface area contributed by atoms with Gasteiger partial charge in [0.15, 0.2) is 5.11 Å². The molecule has 180 valence electrons. The Morgan fingerprint density at radius 1 is 1.11 bits per heavy atom. The number of amides is 2. The first kappa shape index (κ1) is 22.2. The quantitative estimate of drug-likeness (QED) is 0.397. The molecule has 1 aromatic carbocycles. The number of ether oxygens (including phenoxy) is 1. The fraction of sp³-hybridized carbons (Fsp3) is 0.385. The number of carbonyl (C=O) groups excluding carboxylic acids is 2. The van der Waals surface area contributed by atoms with E-state index in [1.807, 2.05) is 61.5 Å². The van der Waals surface area contributed by atoms with E-state index in [-0.39, 0.29) is 17.9 Å². The number of anilines is 2. The first-order valence-corrected chi connectivity index (χ1v) is 12.4. The van der Waals surface area contributed by atoms with Gasteiger partial charge in [-0.1, -0.05) is 35.9 Å². The lowest BCUT2D eigenvalue weighted by molar-refractivity contribution is -0.126. The van der Waals surface area contributed by atoms with Crippen LogP contribution in [0.3, 0.4) is 0 Å². The molecule has 8 nitrogen and oxygen atoms in total. The maximum atomic E-state index is 13.5. The standard InChI is InChI=1S/C26H27N5O3S/c1-17-5-7-18(8-6-17)31-23(32)21-19-9-10-26(34-19,22(21)24(31)33)16-28-25(35)30-14-12-29(13-15-30)20-4-2-3-11-27-20/h2-11,19,21-22H,12-16H2,1H3,(H,28,35)/t19-,21+,22-,26+/m1/s1. The lowest BCUT2D eigenvalue weighted by atomic mass is 9.77. The van der Waals surface area contributed by atoms with E-state index in [4.69, 9.17) is 17.0 Å². The Bertz CT molecular complexity index is 1200. The van der Waals surface area contributed by atoms with Crippen LogP contribution in [0.5, 0.6) is 0 Å². The molecule has 0 saturated carbocycles. The summed E-state index contributed by atoms with van der Waals surface area (Å²) in [5, 5.41) is 3.98. The van der Waals surface area contributed by atoms with Crippen molar-refractivity contribution in [2.24, 2.45) is 11.8 Å². The molecule has 2 bridgehead atoms. The summed E-state index contributed by atoms with van der Waals surface area (Å²) >= 11 is 5.70. The number of rotatable bonds is 4. The fourth-order valence-corrected chi connectivity index (χ4v) is 5.91. The highest BCUT2D eigenvalue weighted by Crippen LogP contribution is 2.52. The van der Waals surface area contributed by atoms with Crippen LogP contribution in [0.15, 0.2) is 60.8 Å². The average molecular weight is 490 g/mol. The predicted molar refractivity (Wildman–Crippen MR) is 136 cm³/mol. The molecule has 1 aromatic heterocycles. The van der Waals surface area contributed by atoms with Gasteiger partial charge in [-0.15, -0.1) is 0 Å². The summed E-state index contributed by atoms with van der Waals surface area (Å²) in [5.41, 5.74) is 0.818. The van der Waals surface area contributed by atoms with E-state index in [0.29, 0.717) is 17.3 Å². The van der Waals surface area contributed by atoms with E-state index in [2.05, 4.69) is 20.1 Å². The molecule has 4 atom stereocenters. The van der Waals surface area contributed by atoms with Crippen LogP contribution >= 0.6 is 12.2 Å². The molecule has 0 aliphatic carbocycles. The zero-order chi connectivity index (χ0) is 24.2. The Morgan fingerprint density at radius 2 is 1.89 bits per heavy atom. The van der Waals surface area contributed by atoms with Crippen LogP contribution in [0.25, 0.3) is 0 Å². The van der Waals surface area contributed by atoms with E-state index >= 15 is 0 Å². The minimum absolute atomic E-state index is 0.187. The molecule has 1 N–H and O–H groups in total. The molecule has 9 heteroatoms. The fourth-order valence-electron chi connectivity index (χ4n) is 5.66. The number of benzene rings is 1. The van der Waals surface area contributed by atoms with E-state index in [1.165, 1.54) is 4.90 Å². The van der Waals surface area contributed by atoms with Crippen LogP contribution in [0.2, 0.25) is 0 Å². The number of thiocarbonyl (C=S) groups is 1. The average Bonchev–Trinajstić information content (AvgIpc) is 3.54. The summed E-state index contributed by atoms with van der Waals surface area (Å²) in [6.07, 6.45) is 5.28. The van der Waals surface area contributed by atoms with Crippen molar-refractivity contribution >= 4 is 40.6 Å². The number of aromatic nitrogens is 1. The molecule has 4 aliphatic rings. The molecule has 6 rings (SSSR count). The number of imide groups is 1. The molecule has 0 radical (unpaired) electrons. The second-order valence-electron chi connectivity index (χ2n) is 9.57. The van der Waals surface area contributed by atoms with Gasteiger partial charge in [-0.2, -0.15) is 0 Å². The van der Waals surface area contributed by atoms with Crippen molar-refractivity contribution in [1.82, 2.24) is 15.2 Å². The monoisotopic (exact) mass is 489 g/mol. The van der Waals surface area contributed by atoms with Crippen LogP contribution in [-0.2, 0) is 14.3 Å². The smallest absolute Gasteiger partial charge is 0.241 e. The van der Waals surface area contributed by atoms with Crippen LogP contribution in [0.4, 0.5) is 11.5 Å². The number of nitrogens with one attached hydrogen (secondary N) is 1. The van der Waals surface area contributed by atoms with Crippen molar-refractivity contribution in [1.29, 1.82) is 0 Å². The Morgan fingerprint density at radius 3 is 2.60 bits per heavy atom. The number of hydrogen-bond donors (Lipinski definition) is 1. The summed E-state index contributed by atoms with van der Waals surface area (Å²) in [6.45, 7) is 5.53. The van der Waals surface area contributed by atoms with Gasteiger partial charge in [-0.3, -0.25) is 9.59 Å². The lowest BCUT2D eigenvalue weighted by Gasteiger charge is -2.38. The third-order valence-electron chi connectivity index (χ3n) is 7.50. The van der Waals surface area contributed by atoms with Gasteiger partial charge in [0.1, 0.15) is 11.4 Å². The van der Waals surface area contributed by atoms with Gasteiger partial charge in [0.2, 0.25) is 11.8 Å². The molecule has 2 aromatic rings. The van der Waals surface area contributed by atoms with Crippen molar-refractivity contribution in [3.63, 3.8) is 0 Å². The third-order valence-corrected chi connectivity index (χ3v) is 7.91. The summed E-state index contributed by atoms with van der Waals surface area (Å²) in [7, 11) is 0. The number of hydrogen-bond acceptors (Lipinski definition) is 6. The van der Waals surface area contributed by atoms with E-state index in [1.54, 1.807) is 6.20 Å². The minimum atomic E-state index is -0.874. The summed E-state index contributed by atoms with van der Waals surface area (Å²) in [5.74, 6) is -0.464. The molecule has 3 saturated heterocycles. The van der Waals surface area contributed by atoms with E-state index < -0.39 is 17.4 Å². The van der Waals surface area contributed by atoms with Crippen LogP contribution in [-0.4, -0.2) is 71.2 Å². The molecule has 35 heavy (non-hydrogen) atoms. The molecule has 0 spiro atoms. The number of pyridine rings is 1. The first-order chi connectivity index (χ1) is 17.0. The SMILES string of the molecule is Cc1ccc(N2C(=O)[C@H]3[C@H]4C=C[C@@](CNC(=S)N5CCN(c6ccccn6)CC5)(O4)[C@H]3C2=O)cc1. The Labute approximate surface area is 209 Å². The van der Waals surface area contributed by atoms with Crippen LogP contribution in [0, 0.1) is 18.8 Å². The third kappa shape index (κ3) is 3.61. The molecular weight excluding hydrogens is 462 g/mol. The Kier molecular flexibility index (Phi) is 5.34. The topological polar surface area (TPSA) is 78.0 Å². The number of carbonyl (C=O) groups is 2. The largest absolute Gasteiger partial charge is 0.360 e. The minimum Gasteiger partial charge on any atom is -0.360 e. The first-order valence-electron chi connectivity index (χ1n) is 12.0. The van der Waals surface area contributed by atoms with Gasteiger partial charge in [-0.05, 0) is 43.4 Å². The molecule has 2 amide bonds. The summed E-state index contributed by atoms with van der Waals surface area (Å²) in [6, 6.07) is 13.4. The zero-order valence-electron chi connectivity index (χ0n) is 19.5. The van der Waals surface area contributed by atoms with Crippen molar-refractivity contribution in [3.8, 4) is 0 Å². The van der Waals surface area contributed by atoms with Crippen LogP contribution < -0.4 is 15.1 Å².